The molecule has 0 amide bonds. The molecule has 30 heavy (non-hydrogen) atoms. The van der Waals surface area contributed by atoms with Gasteiger partial charge in [0.2, 0.25) is 0 Å². The molecule has 8 nitrogen and oxygen atoms in total. The van der Waals surface area contributed by atoms with E-state index >= 15 is 0 Å². The molecule has 2 unspecified atom stereocenters. The number of hydrogen-bond donors (Lipinski definition) is 1. The molecule has 1 N–H and O–H groups in total. The summed E-state index contributed by atoms with van der Waals surface area (Å²) in [6, 6.07) is 0.294. The maximum Gasteiger partial charge on any atom is 0.185 e. The smallest absolute Gasteiger partial charge is 0.185 e. The Labute approximate surface area is 181 Å². The van der Waals surface area contributed by atoms with Crippen LogP contribution in [0.3, 0.4) is 0 Å². The van der Waals surface area contributed by atoms with Crippen LogP contribution in [0.1, 0.15) is 51.9 Å². The summed E-state index contributed by atoms with van der Waals surface area (Å²) in [4.78, 5) is 9.66. The third-order valence-electron chi connectivity index (χ3n) is 5.84. The lowest BCUT2D eigenvalue weighted by Crippen LogP contribution is -2.32. The molecule has 0 fully saturated rings. The van der Waals surface area contributed by atoms with Gasteiger partial charge in [0.25, 0.3) is 0 Å². The van der Waals surface area contributed by atoms with Crippen molar-refractivity contribution in [3.05, 3.63) is 17.5 Å². The molecule has 0 saturated heterocycles. The van der Waals surface area contributed by atoms with Crippen molar-refractivity contribution in [1.82, 2.24) is 30.2 Å². The Kier molecular flexibility index (Phi) is 6.13. The van der Waals surface area contributed by atoms with Crippen molar-refractivity contribution in [2.24, 2.45) is 0 Å². The molecule has 3 aromatic rings. The topological polar surface area (TPSA) is 90.9 Å². The van der Waals surface area contributed by atoms with Crippen LogP contribution in [0.5, 0.6) is 0 Å². The molecule has 0 radical (unpaired) electrons. The van der Waals surface area contributed by atoms with Crippen molar-refractivity contribution in [1.29, 1.82) is 0 Å². The van der Waals surface area contributed by atoms with E-state index in [2.05, 4.69) is 43.3 Å². The number of fused-ring (bicyclic) bond motifs is 2. The van der Waals surface area contributed by atoms with E-state index in [0.29, 0.717) is 30.8 Å². The van der Waals surface area contributed by atoms with Crippen LogP contribution in [0.4, 0.5) is 0 Å². The predicted molar refractivity (Wildman–Crippen MR) is 118 cm³/mol. The standard InChI is InChI=1S/C21H30N6O2S/c1-6-8-22-13(3)10-27-19-14(9-23-27)20(30-5)25-18(24-19)16-15-11-28-12-21(4,7-2)17(15)29-26-16/h9,13,22H,6-8,10-12H2,1-5H3. The molecule has 0 spiro atoms. The number of ether oxygens (including phenoxy) is 1. The SMILES string of the molecule is CCCNC(C)Cn1ncc2c(SC)nc(-c3noc4c3COCC4(C)CC)nc21. The van der Waals surface area contributed by atoms with Gasteiger partial charge < -0.3 is 14.6 Å². The minimum Gasteiger partial charge on any atom is -0.376 e. The summed E-state index contributed by atoms with van der Waals surface area (Å²) >= 11 is 1.59. The highest BCUT2D eigenvalue weighted by atomic mass is 32.2. The van der Waals surface area contributed by atoms with Gasteiger partial charge in [-0.1, -0.05) is 25.9 Å². The maximum absolute atomic E-state index is 5.88. The van der Waals surface area contributed by atoms with Crippen molar-refractivity contribution < 1.29 is 9.26 Å². The molecular weight excluding hydrogens is 400 g/mol. The highest BCUT2D eigenvalue weighted by Gasteiger charge is 2.38. The molecule has 162 valence electrons. The van der Waals surface area contributed by atoms with Gasteiger partial charge in [-0.3, -0.25) is 0 Å². The molecule has 4 heterocycles. The van der Waals surface area contributed by atoms with Gasteiger partial charge in [-0.05, 0) is 32.6 Å². The molecule has 3 aromatic heterocycles. The summed E-state index contributed by atoms with van der Waals surface area (Å²) in [6.45, 7) is 11.4. The second kappa shape index (κ2) is 8.64. The summed E-state index contributed by atoms with van der Waals surface area (Å²) in [5.74, 6) is 1.46. The fourth-order valence-electron chi connectivity index (χ4n) is 3.84. The van der Waals surface area contributed by atoms with Crippen molar-refractivity contribution >= 4 is 22.8 Å². The molecule has 0 aliphatic carbocycles. The molecule has 1 aliphatic heterocycles. The Morgan fingerprint density at radius 1 is 1.33 bits per heavy atom. The van der Waals surface area contributed by atoms with Gasteiger partial charge >= 0.3 is 0 Å². The van der Waals surface area contributed by atoms with Crippen LogP contribution in [0.2, 0.25) is 0 Å². The Bertz CT molecular complexity index is 1030. The van der Waals surface area contributed by atoms with Gasteiger partial charge in [-0.2, -0.15) is 5.10 Å². The zero-order valence-electron chi connectivity index (χ0n) is 18.4. The zero-order chi connectivity index (χ0) is 21.3. The number of nitrogens with one attached hydrogen (secondary N) is 1. The molecule has 2 atom stereocenters. The first kappa shape index (κ1) is 21.3. The van der Waals surface area contributed by atoms with Crippen LogP contribution in [0.15, 0.2) is 15.7 Å². The van der Waals surface area contributed by atoms with Crippen molar-refractivity contribution in [2.45, 2.75) is 70.2 Å². The van der Waals surface area contributed by atoms with E-state index in [9.17, 15) is 0 Å². The Balaban J connectivity index is 1.77. The lowest BCUT2D eigenvalue weighted by atomic mass is 9.82. The quantitative estimate of drug-likeness (QED) is 0.426. The summed E-state index contributed by atoms with van der Waals surface area (Å²) in [5, 5.41) is 14.3. The number of hydrogen-bond acceptors (Lipinski definition) is 8. The van der Waals surface area contributed by atoms with Crippen molar-refractivity contribution in [3.8, 4) is 11.5 Å². The zero-order valence-corrected chi connectivity index (χ0v) is 19.2. The van der Waals surface area contributed by atoms with Crippen LogP contribution in [0.25, 0.3) is 22.6 Å². The van der Waals surface area contributed by atoms with E-state index in [1.165, 1.54) is 0 Å². The van der Waals surface area contributed by atoms with Crippen LogP contribution < -0.4 is 5.32 Å². The molecule has 4 rings (SSSR count). The largest absolute Gasteiger partial charge is 0.376 e. The van der Waals surface area contributed by atoms with Gasteiger partial charge in [0, 0.05) is 6.04 Å². The second-order valence-electron chi connectivity index (χ2n) is 8.22. The molecule has 9 heteroatoms. The fourth-order valence-corrected chi connectivity index (χ4v) is 4.38. The van der Waals surface area contributed by atoms with Gasteiger partial charge in [0.15, 0.2) is 22.9 Å². The van der Waals surface area contributed by atoms with E-state index in [1.54, 1.807) is 11.8 Å². The molecule has 0 bridgehead atoms. The van der Waals surface area contributed by atoms with E-state index in [4.69, 9.17) is 19.2 Å². The maximum atomic E-state index is 5.88. The Morgan fingerprint density at radius 2 is 2.17 bits per heavy atom. The number of aromatic nitrogens is 5. The van der Waals surface area contributed by atoms with Crippen LogP contribution in [0, 0.1) is 0 Å². The lowest BCUT2D eigenvalue weighted by molar-refractivity contribution is 0.0423. The van der Waals surface area contributed by atoms with E-state index in [0.717, 1.165) is 53.3 Å². The van der Waals surface area contributed by atoms with Crippen LogP contribution >= 0.6 is 11.8 Å². The normalized spacial score (nSPS) is 19.9. The first-order chi connectivity index (χ1) is 14.5. The Morgan fingerprint density at radius 3 is 2.90 bits per heavy atom. The van der Waals surface area contributed by atoms with E-state index < -0.39 is 0 Å². The highest BCUT2D eigenvalue weighted by molar-refractivity contribution is 7.98. The molecule has 0 aromatic carbocycles. The third kappa shape index (κ3) is 3.74. The summed E-state index contributed by atoms with van der Waals surface area (Å²) in [5.41, 5.74) is 2.28. The van der Waals surface area contributed by atoms with Crippen LogP contribution in [-0.2, 0) is 23.3 Å². The van der Waals surface area contributed by atoms with Crippen LogP contribution in [-0.4, -0.2) is 50.4 Å². The second-order valence-corrected chi connectivity index (χ2v) is 9.02. The molecule has 0 saturated carbocycles. The average molecular weight is 431 g/mol. The summed E-state index contributed by atoms with van der Waals surface area (Å²) in [6.07, 6.45) is 5.89. The molecular formula is C21H30N6O2S. The summed E-state index contributed by atoms with van der Waals surface area (Å²) < 4.78 is 13.6. The molecule has 1 aliphatic rings. The number of nitrogens with zero attached hydrogens (tertiary/aromatic N) is 5. The lowest BCUT2D eigenvalue weighted by Gasteiger charge is -2.30. The van der Waals surface area contributed by atoms with E-state index in [-0.39, 0.29) is 5.41 Å². The van der Waals surface area contributed by atoms with E-state index in [1.807, 2.05) is 17.1 Å². The van der Waals surface area contributed by atoms with Crippen molar-refractivity contribution in [2.75, 3.05) is 19.4 Å². The Hall–Kier alpha value is -1.97. The number of thioether (sulfide) groups is 1. The first-order valence-electron chi connectivity index (χ1n) is 10.6. The minimum absolute atomic E-state index is 0.173. The van der Waals surface area contributed by atoms with Gasteiger partial charge in [0.1, 0.15) is 5.03 Å². The average Bonchev–Trinajstić information content (AvgIpc) is 3.37. The van der Waals surface area contributed by atoms with Gasteiger partial charge in [0.05, 0.1) is 42.3 Å². The first-order valence-corrected chi connectivity index (χ1v) is 11.8. The third-order valence-corrected chi connectivity index (χ3v) is 6.54. The monoisotopic (exact) mass is 430 g/mol. The summed E-state index contributed by atoms with van der Waals surface area (Å²) in [7, 11) is 0. The number of rotatable bonds is 8. The van der Waals surface area contributed by atoms with Crippen molar-refractivity contribution in [3.63, 3.8) is 0 Å². The predicted octanol–water partition coefficient (Wildman–Crippen LogP) is 3.79. The fraction of sp³-hybridized carbons (Fsp3) is 0.619. The minimum atomic E-state index is -0.173. The van der Waals surface area contributed by atoms with Gasteiger partial charge in [-0.15, -0.1) is 11.8 Å². The van der Waals surface area contributed by atoms with Gasteiger partial charge in [-0.25, -0.2) is 14.6 Å². The highest BCUT2D eigenvalue weighted by Crippen LogP contribution is 2.39.